The molecular weight excluding hydrogens is 350 g/mol. The van der Waals surface area contributed by atoms with Gasteiger partial charge in [-0.3, -0.25) is 0 Å². The summed E-state index contributed by atoms with van der Waals surface area (Å²) in [7, 11) is 2.15. The monoisotopic (exact) mass is 366 g/mol. The molecule has 128 valence electrons. The SMILES string of the molecule is C[n+]1c2c3c(cccc3c3cc(-c4ccsc4)ccc31)Oc1ccccc1-2. The molecule has 5 aromatic rings. The van der Waals surface area contributed by atoms with Crippen LogP contribution in [-0.4, -0.2) is 0 Å². The van der Waals surface area contributed by atoms with Crippen molar-refractivity contribution in [2.75, 3.05) is 0 Å². The van der Waals surface area contributed by atoms with E-state index >= 15 is 0 Å². The molecule has 3 heterocycles. The normalized spacial score (nSPS) is 12.2. The molecule has 0 saturated carbocycles. The summed E-state index contributed by atoms with van der Waals surface area (Å²) < 4.78 is 8.55. The lowest BCUT2D eigenvalue weighted by molar-refractivity contribution is -0.632. The van der Waals surface area contributed by atoms with Gasteiger partial charge in [0.2, 0.25) is 11.2 Å². The Bertz CT molecular complexity index is 1350. The number of rotatable bonds is 1. The van der Waals surface area contributed by atoms with Crippen LogP contribution in [0.5, 0.6) is 11.5 Å². The molecule has 27 heavy (non-hydrogen) atoms. The van der Waals surface area contributed by atoms with Crippen molar-refractivity contribution in [2.24, 2.45) is 7.05 Å². The summed E-state index contributed by atoms with van der Waals surface area (Å²) >= 11 is 1.73. The molecule has 0 atom stereocenters. The Balaban J connectivity index is 1.79. The van der Waals surface area contributed by atoms with E-state index < -0.39 is 0 Å². The summed E-state index contributed by atoms with van der Waals surface area (Å²) in [6.45, 7) is 0. The minimum absolute atomic E-state index is 0.919. The van der Waals surface area contributed by atoms with Crippen LogP contribution in [0.15, 0.2) is 77.5 Å². The standard InChI is InChI=1S/C24H16NOS/c1-25-20-10-9-15(16-11-12-27-14-16)13-19(20)17-6-4-8-22-23(17)24(25)18-5-2-3-7-21(18)26-22/h2-14H,1H3/q+1. The number of aryl methyl sites for hydroxylation is 1. The fraction of sp³-hybridized carbons (Fsp3) is 0.0417. The third-order valence-electron chi connectivity index (χ3n) is 5.46. The minimum Gasteiger partial charge on any atom is -0.456 e. The molecule has 2 aromatic heterocycles. The highest BCUT2D eigenvalue weighted by atomic mass is 32.1. The van der Waals surface area contributed by atoms with Gasteiger partial charge in [-0.15, -0.1) is 0 Å². The second kappa shape index (κ2) is 5.41. The van der Waals surface area contributed by atoms with Crippen LogP contribution in [0.25, 0.3) is 44.1 Å². The number of aromatic nitrogens is 1. The molecule has 2 nitrogen and oxygen atoms in total. The molecule has 0 bridgehead atoms. The maximum absolute atomic E-state index is 6.24. The quantitative estimate of drug-likeness (QED) is 0.245. The average molecular weight is 366 g/mol. The van der Waals surface area contributed by atoms with Crippen LogP contribution < -0.4 is 9.30 Å². The van der Waals surface area contributed by atoms with Gasteiger partial charge in [-0.05, 0) is 58.3 Å². The Morgan fingerprint density at radius 3 is 2.59 bits per heavy atom. The molecule has 0 saturated heterocycles. The average Bonchev–Trinajstić information content (AvgIpc) is 3.25. The van der Waals surface area contributed by atoms with Gasteiger partial charge in [0.25, 0.3) is 0 Å². The fourth-order valence-corrected chi connectivity index (χ4v) is 4.88. The number of benzene rings is 3. The van der Waals surface area contributed by atoms with Crippen molar-refractivity contribution in [3.05, 3.63) is 77.5 Å². The topological polar surface area (TPSA) is 13.1 Å². The van der Waals surface area contributed by atoms with Crippen LogP contribution in [0.3, 0.4) is 0 Å². The van der Waals surface area contributed by atoms with Gasteiger partial charge < -0.3 is 4.74 Å². The summed E-state index contributed by atoms with van der Waals surface area (Å²) in [5, 5.41) is 8.01. The minimum atomic E-state index is 0.919. The van der Waals surface area contributed by atoms with Crippen molar-refractivity contribution in [3.8, 4) is 33.9 Å². The zero-order valence-electron chi connectivity index (χ0n) is 14.8. The zero-order valence-corrected chi connectivity index (χ0v) is 15.6. The highest BCUT2D eigenvalue weighted by molar-refractivity contribution is 7.08. The van der Waals surface area contributed by atoms with Gasteiger partial charge in [-0.25, -0.2) is 0 Å². The fourth-order valence-electron chi connectivity index (χ4n) is 4.21. The van der Waals surface area contributed by atoms with Crippen LogP contribution in [0.1, 0.15) is 0 Å². The van der Waals surface area contributed by atoms with Gasteiger partial charge in [-0.2, -0.15) is 15.9 Å². The molecule has 1 aliphatic rings. The van der Waals surface area contributed by atoms with E-state index in [0.29, 0.717) is 0 Å². The summed E-state index contributed by atoms with van der Waals surface area (Å²) in [5.41, 5.74) is 6.12. The molecule has 3 aromatic carbocycles. The van der Waals surface area contributed by atoms with Crippen LogP contribution in [0, 0.1) is 0 Å². The molecular formula is C24H16NOS+. The van der Waals surface area contributed by atoms with Crippen molar-refractivity contribution >= 4 is 33.0 Å². The third-order valence-corrected chi connectivity index (χ3v) is 6.15. The van der Waals surface area contributed by atoms with E-state index in [2.05, 4.69) is 77.0 Å². The van der Waals surface area contributed by atoms with Gasteiger partial charge in [0, 0.05) is 11.5 Å². The molecule has 0 radical (unpaired) electrons. The second-order valence-electron chi connectivity index (χ2n) is 6.93. The van der Waals surface area contributed by atoms with Gasteiger partial charge in [0.05, 0.1) is 16.3 Å². The predicted molar refractivity (Wildman–Crippen MR) is 111 cm³/mol. The zero-order chi connectivity index (χ0) is 18.0. The lowest BCUT2D eigenvalue weighted by Gasteiger charge is -2.20. The first kappa shape index (κ1) is 14.9. The lowest BCUT2D eigenvalue weighted by atomic mass is 9.95. The van der Waals surface area contributed by atoms with E-state index in [1.54, 1.807) is 11.3 Å². The van der Waals surface area contributed by atoms with Crippen molar-refractivity contribution in [1.29, 1.82) is 0 Å². The maximum atomic E-state index is 6.24. The summed E-state index contributed by atoms with van der Waals surface area (Å²) in [6.07, 6.45) is 0. The van der Waals surface area contributed by atoms with E-state index in [1.807, 2.05) is 12.1 Å². The molecule has 0 N–H and O–H groups in total. The number of hydrogen-bond donors (Lipinski definition) is 0. The molecule has 0 amide bonds. The van der Waals surface area contributed by atoms with Crippen molar-refractivity contribution < 1.29 is 9.30 Å². The molecule has 0 spiro atoms. The number of nitrogens with zero attached hydrogens (tertiary/aromatic N) is 1. The van der Waals surface area contributed by atoms with Gasteiger partial charge in [0.15, 0.2) is 0 Å². The second-order valence-corrected chi connectivity index (χ2v) is 7.71. The van der Waals surface area contributed by atoms with E-state index in [1.165, 1.54) is 38.5 Å². The number of ether oxygens (including phenoxy) is 1. The van der Waals surface area contributed by atoms with Crippen LogP contribution in [-0.2, 0) is 7.05 Å². The third kappa shape index (κ3) is 2.03. The lowest BCUT2D eigenvalue weighted by Crippen LogP contribution is -2.33. The van der Waals surface area contributed by atoms with E-state index in [9.17, 15) is 0 Å². The Labute approximate surface area is 160 Å². The first-order valence-corrected chi connectivity index (χ1v) is 9.94. The van der Waals surface area contributed by atoms with Gasteiger partial charge in [0.1, 0.15) is 18.5 Å². The molecule has 3 heteroatoms. The Morgan fingerprint density at radius 2 is 1.70 bits per heavy atom. The number of hydrogen-bond acceptors (Lipinski definition) is 2. The molecule has 0 unspecified atom stereocenters. The Kier molecular flexibility index (Phi) is 3.00. The highest BCUT2D eigenvalue weighted by Gasteiger charge is 2.29. The number of thiophene rings is 1. The molecule has 0 aliphatic carbocycles. The summed E-state index contributed by atoms with van der Waals surface area (Å²) in [4.78, 5) is 0. The summed E-state index contributed by atoms with van der Waals surface area (Å²) in [6, 6.07) is 23.6. The predicted octanol–water partition coefficient (Wildman–Crippen LogP) is 6.32. The van der Waals surface area contributed by atoms with Gasteiger partial charge in [-0.1, -0.05) is 24.3 Å². The van der Waals surface area contributed by atoms with Crippen LogP contribution in [0.2, 0.25) is 0 Å². The Hall–Kier alpha value is -3.17. The molecule has 0 fully saturated rings. The van der Waals surface area contributed by atoms with Crippen molar-refractivity contribution in [3.63, 3.8) is 0 Å². The highest BCUT2D eigenvalue weighted by Crippen LogP contribution is 2.46. The number of fused-ring (bicyclic) bond motifs is 4. The van der Waals surface area contributed by atoms with E-state index in [4.69, 9.17) is 4.74 Å². The maximum Gasteiger partial charge on any atom is 0.228 e. The molecule has 6 rings (SSSR count). The first-order valence-electron chi connectivity index (χ1n) is 8.99. The Morgan fingerprint density at radius 1 is 0.815 bits per heavy atom. The smallest absolute Gasteiger partial charge is 0.228 e. The first-order chi connectivity index (χ1) is 13.3. The number of para-hydroxylation sites is 1. The van der Waals surface area contributed by atoms with Crippen molar-refractivity contribution in [1.82, 2.24) is 0 Å². The molecule has 1 aliphatic heterocycles. The summed E-state index contributed by atoms with van der Waals surface area (Å²) in [5.74, 6) is 1.85. The van der Waals surface area contributed by atoms with Crippen molar-refractivity contribution in [2.45, 2.75) is 0 Å². The van der Waals surface area contributed by atoms with Crippen LogP contribution >= 0.6 is 11.3 Å². The van der Waals surface area contributed by atoms with E-state index in [0.717, 1.165) is 17.1 Å². The largest absolute Gasteiger partial charge is 0.456 e. The van der Waals surface area contributed by atoms with Gasteiger partial charge >= 0.3 is 0 Å². The van der Waals surface area contributed by atoms with Crippen LogP contribution in [0.4, 0.5) is 0 Å². The van der Waals surface area contributed by atoms with E-state index in [-0.39, 0.29) is 0 Å². The number of pyridine rings is 1.